The van der Waals surface area contributed by atoms with E-state index in [-0.39, 0.29) is 5.41 Å². The summed E-state index contributed by atoms with van der Waals surface area (Å²) < 4.78 is 5.39. The highest BCUT2D eigenvalue weighted by atomic mass is 16.5. The highest BCUT2D eigenvalue weighted by Gasteiger charge is 2.35. The molecule has 1 fully saturated rings. The highest BCUT2D eigenvalue weighted by molar-refractivity contribution is 5.01. The van der Waals surface area contributed by atoms with Crippen LogP contribution in [0.15, 0.2) is 0 Å². The van der Waals surface area contributed by atoms with Crippen molar-refractivity contribution in [1.82, 2.24) is 0 Å². The molecule has 1 saturated carbocycles. The van der Waals surface area contributed by atoms with E-state index in [0.29, 0.717) is 0 Å². The van der Waals surface area contributed by atoms with E-state index in [2.05, 4.69) is 19.9 Å². The van der Waals surface area contributed by atoms with Crippen LogP contribution in [0, 0.1) is 28.6 Å². The molecule has 0 heterocycles. The number of nitrogens with zero attached hydrogens (tertiary/aromatic N) is 1. The van der Waals surface area contributed by atoms with E-state index >= 15 is 0 Å². The summed E-state index contributed by atoms with van der Waals surface area (Å²) in [5.41, 5.74) is -0.0828. The zero-order chi connectivity index (χ0) is 12.0. The lowest BCUT2D eigenvalue weighted by atomic mass is 9.67. The second kappa shape index (κ2) is 6.25. The fraction of sp³-hybridized carbons (Fsp3) is 0.929. The number of hydrogen-bond donors (Lipinski definition) is 0. The lowest BCUT2D eigenvalue weighted by Crippen LogP contribution is -2.29. The lowest BCUT2D eigenvalue weighted by molar-refractivity contribution is 0.0910. The van der Waals surface area contributed by atoms with Crippen LogP contribution in [0.25, 0.3) is 0 Å². The average Bonchev–Trinajstić information content (AvgIpc) is 2.30. The van der Waals surface area contributed by atoms with Crippen LogP contribution in [-0.2, 0) is 4.74 Å². The van der Waals surface area contributed by atoms with Gasteiger partial charge in [-0.3, -0.25) is 0 Å². The summed E-state index contributed by atoms with van der Waals surface area (Å²) in [6.07, 6.45) is 5.50. The molecule has 0 amide bonds. The summed E-state index contributed by atoms with van der Waals surface area (Å²) in [5, 5.41) is 9.36. The van der Waals surface area contributed by atoms with E-state index in [1.807, 2.05) is 6.92 Å². The van der Waals surface area contributed by atoms with Crippen molar-refractivity contribution >= 4 is 0 Å². The van der Waals surface area contributed by atoms with Gasteiger partial charge in [-0.2, -0.15) is 5.26 Å². The van der Waals surface area contributed by atoms with Crippen LogP contribution in [0.5, 0.6) is 0 Å². The summed E-state index contributed by atoms with van der Waals surface area (Å²) in [5.74, 6) is 1.59. The number of hydrogen-bond acceptors (Lipinski definition) is 2. The van der Waals surface area contributed by atoms with Gasteiger partial charge in [0.2, 0.25) is 0 Å². The Morgan fingerprint density at radius 3 is 2.44 bits per heavy atom. The molecular formula is C14H25NO. The Kier molecular flexibility index (Phi) is 5.28. The predicted octanol–water partition coefficient (Wildman–Crippen LogP) is 3.77. The Morgan fingerprint density at radius 2 is 2.00 bits per heavy atom. The third-order valence-corrected chi connectivity index (χ3v) is 4.10. The molecule has 2 nitrogen and oxygen atoms in total. The van der Waals surface area contributed by atoms with Gasteiger partial charge >= 0.3 is 0 Å². The van der Waals surface area contributed by atoms with Crippen molar-refractivity contribution in [3.05, 3.63) is 0 Å². The summed E-state index contributed by atoms with van der Waals surface area (Å²) in [6, 6.07) is 2.56. The molecule has 0 bridgehead atoms. The third kappa shape index (κ3) is 3.49. The first kappa shape index (κ1) is 13.5. The molecule has 1 aliphatic rings. The average molecular weight is 223 g/mol. The fourth-order valence-electron chi connectivity index (χ4n) is 2.69. The van der Waals surface area contributed by atoms with Crippen molar-refractivity contribution < 1.29 is 4.74 Å². The minimum absolute atomic E-state index is 0.0828. The number of ether oxygens (including phenoxy) is 1. The Hall–Kier alpha value is -0.550. The molecule has 0 aliphatic heterocycles. The fourth-order valence-corrected chi connectivity index (χ4v) is 2.69. The van der Waals surface area contributed by atoms with E-state index in [1.165, 1.54) is 12.8 Å². The van der Waals surface area contributed by atoms with Gasteiger partial charge in [-0.15, -0.1) is 0 Å². The molecule has 0 radical (unpaired) electrons. The molecule has 92 valence electrons. The van der Waals surface area contributed by atoms with Crippen LogP contribution in [0.4, 0.5) is 0 Å². The summed E-state index contributed by atoms with van der Waals surface area (Å²) >= 11 is 0. The monoisotopic (exact) mass is 223 g/mol. The molecule has 0 saturated heterocycles. The Balaban J connectivity index is 2.43. The second-order valence-corrected chi connectivity index (χ2v) is 5.42. The van der Waals surface area contributed by atoms with Gasteiger partial charge in [-0.25, -0.2) is 0 Å². The van der Waals surface area contributed by atoms with Crippen molar-refractivity contribution in [3.63, 3.8) is 0 Å². The smallest absolute Gasteiger partial charge is 0.0690 e. The van der Waals surface area contributed by atoms with E-state index in [1.54, 1.807) is 0 Å². The summed E-state index contributed by atoms with van der Waals surface area (Å²) in [6.45, 7) is 8.11. The first-order chi connectivity index (χ1) is 7.63. The molecule has 0 N–H and O–H groups in total. The maximum Gasteiger partial charge on any atom is 0.0690 e. The van der Waals surface area contributed by atoms with E-state index in [0.717, 1.165) is 44.3 Å². The van der Waals surface area contributed by atoms with Gasteiger partial charge in [0.05, 0.1) is 11.5 Å². The topological polar surface area (TPSA) is 33.0 Å². The Labute approximate surface area is 100.0 Å². The van der Waals surface area contributed by atoms with Crippen LogP contribution in [0.1, 0.15) is 52.9 Å². The third-order valence-electron chi connectivity index (χ3n) is 4.10. The second-order valence-electron chi connectivity index (χ2n) is 5.42. The molecule has 1 rings (SSSR count). The molecule has 0 atom stereocenters. The summed E-state index contributed by atoms with van der Waals surface area (Å²) in [4.78, 5) is 0. The quantitative estimate of drug-likeness (QED) is 0.665. The zero-order valence-electron chi connectivity index (χ0n) is 11.0. The Morgan fingerprint density at radius 1 is 1.38 bits per heavy atom. The standard InChI is InChI=1S/C14H25NO/c1-4-16-10-9-14(11-15)7-5-13(6-8-14)12(2)3/h12-13H,4-10H2,1-3H3. The molecule has 0 aromatic carbocycles. The van der Waals surface area contributed by atoms with Gasteiger partial charge in [-0.1, -0.05) is 13.8 Å². The predicted molar refractivity (Wildman–Crippen MR) is 66.0 cm³/mol. The van der Waals surface area contributed by atoms with Crippen LogP contribution in [0.2, 0.25) is 0 Å². The maximum absolute atomic E-state index is 9.36. The first-order valence-electron chi connectivity index (χ1n) is 6.62. The van der Waals surface area contributed by atoms with Gasteiger partial charge in [0.1, 0.15) is 0 Å². The van der Waals surface area contributed by atoms with E-state index < -0.39 is 0 Å². The highest BCUT2D eigenvalue weighted by Crippen LogP contribution is 2.43. The molecule has 0 spiro atoms. The number of nitriles is 1. The maximum atomic E-state index is 9.36. The minimum Gasteiger partial charge on any atom is -0.382 e. The van der Waals surface area contributed by atoms with Gasteiger partial charge < -0.3 is 4.74 Å². The van der Waals surface area contributed by atoms with Gasteiger partial charge in [0.25, 0.3) is 0 Å². The minimum atomic E-state index is -0.0828. The lowest BCUT2D eigenvalue weighted by Gasteiger charge is -2.36. The van der Waals surface area contributed by atoms with Crippen LogP contribution in [0.3, 0.4) is 0 Å². The largest absolute Gasteiger partial charge is 0.382 e. The zero-order valence-corrected chi connectivity index (χ0v) is 11.0. The van der Waals surface area contributed by atoms with Crippen molar-refractivity contribution in [1.29, 1.82) is 5.26 Å². The molecule has 16 heavy (non-hydrogen) atoms. The summed E-state index contributed by atoms with van der Waals surface area (Å²) in [7, 11) is 0. The van der Waals surface area contributed by atoms with Gasteiger partial charge in [0.15, 0.2) is 0 Å². The van der Waals surface area contributed by atoms with Crippen molar-refractivity contribution in [2.45, 2.75) is 52.9 Å². The van der Waals surface area contributed by atoms with Crippen molar-refractivity contribution in [2.75, 3.05) is 13.2 Å². The molecule has 1 aliphatic carbocycles. The molecular weight excluding hydrogens is 198 g/mol. The van der Waals surface area contributed by atoms with Gasteiger partial charge in [-0.05, 0) is 50.9 Å². The molecule has 0 unspecified atom stereocenters. The van der Waals surface area contributed by atoms with Crippen LogP contribution < -0.4 is 0 Å². The van der Waals surface area contributed by atoms with E-state index in [9.17, 15) is 5.26 Å². The normalized spacial score (nSPS) is 30.3. The van der Waals surface area contributed by atoms with Crippen LogP contribution in [-0.4, -0.2) is 13.2 Å². The first-order valence-corrected chi connectivity index (χ1v) is 6.62. The molecule has 0 aromatic rings. The van der Waals surface area contributed by atoms with Crippen molar-refractivity contribution in [2.24, 2.45) is 17.3 Å². The van der Waals surface area contributed by atoms with Crippen molar-refractivity contribution in [3.8, 4) is 6.07 Å². The van der Waals surface area contributed by atoms with Gasteiger partial charge in [0, 0.05) is 13.2 Å². The number of rotatable bonds is 5. The van der Waals surface area contributed by atoms with Crippen LogP contribution >= 0.6 is 0 Å². The molecule has 0 aromatic heterocycles. The SMILES string of the molecule is CCOCCC1(C#N)CCC(C(C)C)CC1. The Bertz CT molecular complexity index is 234. The molecule has 2 heteroatoms. The van der Waals surface area contributed by atoms with E-state index in [4.69, 9.17) is 4.74 Å².